The zero-order chi connectivity index (χ0) is 11.8. The first-order valence-electron chi connectivity index (χ1n) is 5.41. The minimum absolute atomic E-state index is 0.151. The highest BCUT2D eigenvalue weighted by Crippen LogP contribution is 2.17. The summed E-state index contributed by atoms with van der Waals surface area (Å²) >= 11 is 1.84. The summed E-state index contributed by atoms with van der Waals surface area (Å²) in [5.41, 5.74) is 0.616. The van der Waals surface area contributed by atoms with Gasteiger partial charge in [0.2, 0.25) is 0 Å². The van der Waals surface area contributed by atoms with Gasteiger partial charge < -0.3 is 10.4 Å². The van der Waals surface area contributed by atoms with E-state index in [1.807, 2.05) is 11.8 Å². The maximum atomic E-state index is 12.9. The highest BCUT2D eigenvalue weighted by Gasteiger charge is 2.01. The van der Waals surface area contributed by atoms with E-state index in [9.17, 15) is 9.50 Å². The van der Waals surface area contributed by atoms with Gasteiger partial charge in [-0.2, -0.15) is 11.8 Å². The van der Waals surface area contributed by atoms with Crippen molar-refractivity contribution in [3.8, 4) is 5.75 Å². The molecular weight excluding hydrogens is 225 g/mol. The molecule has 0 saturated heterocycles. The second-order valence-electron chi connectivity index (χ2n) is 3.65. The highest BCUT2D eigenvalue weighted by atomic mass is 32.2. The SMILES string of the molecule is CSCCCCNCc1cc(F)ccc1O. The Kier molecular flexibility index (Phi) is 6.26. The maximum Gasteiger partial charge on any atom is 0.123 e. The van der Waals surface area contributed by atoms with Gasteiger partial charge in [0.05, 0.1) is 0 Å². The third-order valence-corrected chi connectivity index (χ3v) is 3.01. The van der Waals surface area contributed by atoms with Gasteiger partial charge in [0.15, 0.2) is 0 Å². The van der Waals surface area contributed by atoms with Crippen molar-refractivity contribution < 1.29 is 9.50 Å². The Morgan fingerprint density at radius 1 is 1.38 bits per heavy atom. The van der Waals surface area contributed by atoms with E-state index in [0.29, 0.717) is 12.1 Å². The number of aromatic hydroxyl groups is 1. The summed E-state index contributed by atoms with van der Waals surface area (Å²) in [6, 6.07) is 4.02. The summed E-state index contributed by atoms with van der Waals surface area (Å²) in [4.78, 5) is 0. The van der Waals surface area contributed by atoms with Crippen molar-refractivity contribution in [3.63, 3.8) is 0 Å². The maximum absolute atomic E-state index is 12.9. The molecule has 90 valence electrons. The molecule has 0 amide bonds. The number of halogens is 1. The number of phenolic OH excluding ortho intramolecular Hbond substituents is 1. The Hall–Kier alpha value is -0.740. The Morgan fingerprint density at radius 2 is 2.19 bits per heavy atom. The van der Waals surface area contributed by atoms with Crippen LogP contribution in [-0.2, 0) is 6.54 Å². The van der Waals surface area contributed by atoms with Crippen molar-refractivity contribution in [2.24, 2.45) is 0 Å². The summed E-state index contributed by atoms with van der Waals surface area (Å²) in [5.74, 6) is 1.02. The summed E-state index contributed by atoms with van der Waals surface area (Å²) in [6.07, 6.45) is 4.39. The van der Waals surface area contributed by atoms with Crippen molar-refractivity contribution in [2.45, 2.75) is 19.4 Å². The predicted molar refractivity (Wildman–Crippen MR) is 67.4 cm³/mol. The first kappa shape index (κ1) is 13.3. The van der Waals surface area contributed by atoms with E-state index in [2.05, 4.69) is 11.6 Å². The van der Waals surface area contributed by atoms with Gasteiger partial charge in [0.1, 0.15) is 11.6 Å². The van der Waals surface area contributed by atoms with Gasteiger partial charge >= 0.3 is 0 Å². The smallest absolute Gasteiger partial charge is 0.123 e. The molecule has 2 N–H and O–H groups in total. The van der Waals surface area contributed by atoms with Gasteiger partial charge in [-0.05, 0) is 49.6 Å². The van der Waals surface area contributed by atoms with Crippen molar-refractivity contribution in [1.29, 1.82) is 0 Å². The minimum Gasteiger partial charge on any atom is -0.508 e. The standard InChI is InChI=1S/C12H18FNOS/c1-16-7-3-2-6-14-9-10-8-11(13)4-5-12(10)15/h4-5,8,14-15H,2-3,6-7,9H2,1H3. The molecule has 0 bridgehead atoms. The molecule has 0 radical (unpaired) electrons. The molecule has 0 fully saturated rings. The van der Waals surface area contributed by atoms with Crippen LogP contribution in [0.5, 0.6) is 5.75 Å². The van der Waals surface area contributed by atoms with Gasteiger partial charge in [-0.15, -0.1) is 0 Å². The molecule has 0 heterocycles. The molecule has 1 aromatic carbocycles. The van der Waals surface area contributed by atoms with Crippen LogP contribution in [0.3, 0.4) is 0 Å². The van der Waals surface area contributed by atoms with Crippen LogP contribution in [0.4, 0.5) is 4.39 Å². The Balaban J connectivity index is 2.23. The van der Waals surface area contributed by atoms with E-state index >= 15 is 0 Å². The van der Waals surface area contributed by atoms with E-state index in [4.69, 9.17) is 0 Å². The highest BCUT2D eigenvalue weighted by molar-refractivity contribution is 7.98. The zero-order valence-corrected chi connectivity index (χ0v) is 10.3. The lowest BCUT2D eigenvalue weighted by atomic mass is 10.2. The number of thioether (sulfide) groups is 1. The Labute approximate surface area is 100 Å². The quantitative estimate of drug-likeness (QED) is 0.722. The summed E-state index contributed by atoms with van der Waals surface area (Å²) in [5, 5.41) is 12.7. The van der Waals surface area contributed by atoms with Crippen LogP contribution < -0.4 is 5.32 Å². The Morgan fingerprint density at radius 3 is 2.94 bits per heavy atom. The van der Waals surface area contributed by atoms with Gasteiger partial charge in [0.25, 0.3) is 0 Å². The molecule has 1 rings (SSSR count). The van der Waals surface area contributed by atoms with E-state index < -0.39 is 0 Å². The lowest BCUT2D eigenvalue weighted by Gasteiger charge is -2.06. The molecule has 0 saturated carbocycles. The normalized spacial score (nSPS) is 10.6. The molecule has 0 aliphatic heterocycles. The minimum atomic E-state index is -0.308. The number of hydrogen-bond donors (Lipinski definition) is 2. The number of benzene rings is 1. The fourth-order valence-corrected chi connectivity index (χ4v) is 1.91. The van der Waals surface area contributed by atoms with E-state index in [1.54, 1.807) is 0 Å². The van der Waals surface area contributed by atoms with Crippen molar-refractivity contribution in [3.05, 3.63) is 29.6 Å². The molecule has 0 atom stereocenters. The third-order valence-electron chi connectivity index (χ3n) is 2.31. The zero-order valence-electron chi connectivity index (χ0n) is 9.50. The number of hydrogen-bond acceptors (Lipinski definition) is 3. The molecule has 4 heteroatoms. The summed E-state index contributed by atoms with van der Waals surface area (Å²) < 4.78 is 12.9. The molecule has 0 aliphatic rings. The topological polar surface area (TPSA) is 32.3 Å². The summed E-state index contributed by atoms with van der Waals surface area (Å²) in [7, 11) is 0. The van der Waals surface area contributed by atoms with Gasteiger partial charge in [0, 0.05) is 12.1 Å². The largest absolute Gasteiger partial charge is 0.508 e. The van der Waals surface area contributed by atoms with Crippen molar-refractivity contribution >= 4 is 11.8 Å². The predicted octanol–water partition coefficient (Wildman–Crippen LogP) is 2.76. The average Bonchev–Trinajstić information content (AvgIpc) is 2.28. The molecule has 0 spiro atoms. The first-order valence-corrected chi connectivity index (χ1v) is 6.80. The van der Waals surface area contributed by atoms with Crippen LogP contribution >= 0.6 is 11.8 Å². The average molecular weight is 243 g/mol. The molecule has 0 aliphatic carbocycles. The van der Waals surface area contributed by atoms with E-state index in [-0.39, 0.29) is 11.6 Å². The van der Waals surface area contributed by atoms with Crippen LogP contribution in [0, 0.1) is 5.82 Å². The fraction of sp³-hybridized carbons (Fsp3) is 0.500. The van der Waals surface area contributed by atoms with Crippen LogP contribution in [0.2, 0.25) is 0 Å². The van der Waals surface area contributed by atoms with Crippen LogP contribution in [-0.4, -0.2) is 23.7 Å². The summed E-state index contributed by atoms with van der Waals surface area (Å²) in [6.45, 7) is 1.42. The monoisotopic (exact) mass is 243 g/mol. The molecular formula is C12H18FNOS. The molecule has 1 aromatic rings. The molecule has 0 aromatic heterocycles. The van der Waals surface area contributed by atoms with E-state index in [0.717, 1.165) is 13.0 Å². The number of nitrogens with one attached hydrogen (secondary N) is 1. The van der Waals surface area contributed by atoms with Crippen LogP contribution in [0.15, 0.2) is 18.2 Å². The first-order chi connectivity index (χ1) is 7.74. The van der Waals surface area contributed by atoms with Gasteiger partial charge in [-0.3, -0.25) is 0 Å². The van der Waals surface area contributed by atoms with Crippen molar-refractivity contribution in [2.75, 3.05) is 18.6 Å². The second-order valence-corrected chi connectivity index (χ2v) is 4.64. The molecule has 2 nitrogen and oxygen atoms in total. The lowest BCUT2D eigenvalue weighted by molar-refractivity contribution is 0.461. The molecule has 0 unspecified atom stereocenters. The molecule has 16 heavy (non-hydrogen) atoms. The fourth-order valence-electron chi connectivity index (χ4n) is 1.42. The number of unbranched alkanes of at least 4 members (excludes halogenated alkanes) is 1. The van der Waals surface area contributed by atoms with E-state index in [1.165, 1.54) is 30.4 Å². The number of phenols is 1. The Bertz CT molecular complexity index is 320. The van der Waals surface area contributed by atoms with Crippen molar-refractivity contribution in [1.82, 2.24) is 5.32 Å². The van der Waals surface area contributed by atoms with Gasteiger partial charge in [-0.25, -0.2) is 4.39 Å². The van der Waals surface area contributed by atoms with Crippen LogP contribution in [0.1, 0.15) is 18.4 Å². The third kappa shape index (κ3) is 4.86. The number of rotatable bonds is 7. The lowest BCUT2D eigenvalue weighted by Crippen LogP contribution is -2.15. The second kappa shape index (κ2) is 7.52. The van der Waals surface area contributed by atoms with Gasteiger partial charge in [-0.1, -0.05) is 0 Å². The van der Waals surface area contributed by atoms with Crippen LogP contribution in [0.25, 0.3) is 0 Å².